The van der Waals surface area contributed by atoms with Gasteiger partial charge in [-0.05, 0) is 5.56 Å². The smallest absolute Gasteiger partial charge is 0.322 e. The third kappa shape index (κ3) is 3.56. The van der Waals surface area contributed by atoms with E-state index in [2.05, 4.69) is 0 Å². The molecule has 0 aliphatic carbocycles. The summed E-state index contributed by atoms with van der Waals surface area (Å²) in [5, 5.41) is 9.09. The highest BCUT2D eigenvalue weighted by Crippen LogP contribution is 2.24. The van der Waals surface area contributed by atoms with Gasteiger partial charge in [0, 0.05) is 13.0 Å². The molecule has 0 amide bonds. The molecule has 1 aromatic rings. The zero-order chi connectivity index (χ0) is 14.8. The lowest BCUT2D eigenvalue weighted by Crippen LogP contribution is -2.39. The second-order valence-electron chi connectivity index (χ2n) is 4.84. The van der Waals surface area contributed by atoms with Crippen LogP contribution in [0.2, 0.25) is 0 Å². The van der Waals surface area contributed by atoms with Gasteiger partial charge in [0.2, 0.25) is 10.0 Å². The minimum Gasteiger partial charge on any atom is -0.480 e. The predicted octanol–water partition coefficient (Wildman–Crippen LogP) is 0.690. The van der Waals surface area contributed by atoms with Crippen LogP contribution in [0.4, 0.5) is 0 Å². The molecule has 0 spiro atoms. The second-order valence-corrected chi connectivity index (χ2v) is 6.78. The summed E-state index contributed by atoms with van der Waals surface area (Å²) in [6, 6.07) is 8.43. The number of carbonyl (C=O) groups is 1. The summed E-state index contributed by atoms with van der Waals surface area (Å²) in [5.41, 5.74) is 0.970. The number of rotatable bonds is 5. The average Bonchev–Trinajstić information content (AvgIpc) is 2.82. The number of benzene rings is 1. The van der Waals surface area contributed by atoms with Crippen LogP contribution in [0.5, 0.6) is 0 Å². The van der Waals surface area contributed by atoms with Crippen LogP contribution in [-0.4, -0.2) is 48.7 Å². The molecule has 1 fully saturated rings. The van der Waals surface area contributed by atoms with Gasteiger partial charge in [-0.25, -0.2) is 8.42 Å². The topological polar surface area (TPSA) is 83.9 Å². The molecule has 1 saturated heterocycles. The molecule has 0 saturated carbocycles. The highest BCUT2D eigenvalue weighted by atomic mass is 32.2. The first-order valence-electron chi connectivity index (χ1n) is 6.23. The molecule has 1 aliphatic rings. The largest absolute Gasteiger partial charge is 0.480 e. The lowest BCUT2D eigenvalue weighted by Gasteiger charge is -2.17. The van der Waals surface area contributed by atoms with E-state index in [-0.39, 0.29) is 13.0 Å². The van der Waals surface area contributed by atoms with Crippen molar-refractivity contribution in [2.75, 3.05) is 12.8 Å². The van der Waals surface area contributed by atoms with E-state index >= 15 is 0 Å². The Balaban J connectivity index is 2.00. The van der Waals surface area contributed by atoms with Gasteiger partial charge in [-0.1, -0.05) is 30.3 Å². The van der Waals surface area contributed by atoms with E-state index in [4.69, 9.17) is 9.84 Å². The molecule has 6 nitrogen and oxygen atoms in total. The summed E-state index contributed by atoms with van der Waals surface area (Å²) >= 11 is 0. The van der Waals surface area contributed by atoms with Crippen LogP contribution in [0, 0.1) is 0 Å². The molecule has 1 aliphatic heterocycles. The molecule has 0 radical (unpaired) electrons. The minimum absolute atomic E-state index is 0.0859. The van der Waals surface area contributed by atoms with Gasteiger partial charge in [-0.3, -0.25) is 4.79 Å². The van der Waals surface area contributed by atoms with Crippen molar-refractivity contribution >= 4 is 16.0 Å². The van der Waals surface area contributed by atoms with Crippen molar-refractivity contribution in [1.82, 2.24) is 4.31 Å². The van der Waals surface area contributed by atoms with Crippen molar-refractivity contribution in [3.63, 3.8) is 0 Å². The molecule has 1 heterocycles. The summed E-state index contributed by atoms with van der Waals surface area (Å²) < 4.78 is 29.8. The second kappa shape index (κ2) is 5.90. The maximum Gasteiger partial charge on any atom is 0.322 e. The quantitative estimate of drug-likeness (QED) is 0.865. The maximum absolute atomic E-state index is 11.6. The number of hydrogen-bond acceptors (Lipinski definition) is 4. The Morgan fingerprint density at radius 1 is 1.40 bits per heavy atom. The third-order valence-corrected chi connectivity index (χ3v) is 4.51. The Morgan fingerprint density at radius 2 is 2.05 bits per heavy atom. The fraction of sp³-hybridized carbons (Fsp3) is 0.462. The van der Waals surface area contributed by atoms with Gasteiger partial charge < -0.3 is 9.84 Å². The van der Waals surface area contributed by atoms with E-state index in [9.17, 15) is 13.2 Å². The molecular weight excluding hydrogens is 282 g/mol. The molecule has 20 heavy (non-hydrogen) atoms. The average molecular weight is 299 g/mol. The Bertz CT molecular complexity index is 572. The van der Waals surface area contributed by atoms with Gasteiger partial charge >= 0.3 is 5.97 Å². The standard InChI is InChI=1S/C13H17NO5S/c1-20(17,18)14-8-11(7-12(14)13(15)16)19-9-10-5-3-2-4-6-10/h2-6,11-12H,7-9H2,1H3,(H,15,16). The maximum atomic E-state index is 11.6. The fourth-order valence-corrected chi connectivity index (χ4v) is 3.34. The van der Waals surface area contributed by atoms with Crippen molar-refractivity contribution < 1.29 is 23.1 Å². The summed E-state index contributed by atoms with van der Waals surface area (Å²) in [6.45, 7) is 0.429. The first-order chi connectivity index (χ1) is 9.38. The lowest BCUT2D eigenvalue weighted by atomic mass is 10.2. The Morgan fingerprint density at radius 3 is 2.55 bits per heavy atom. The van der Waals surface area contributed by atoms with Crippen LogP contribution >= 0.6 is 0 Å². The van der Waals surface area contributed by atoms with Crippen molar-refractivity contribution in [1.29, 1.82) is 0 Å². The number of sulfonamides is 1. The number of carboxylic acid groups (broad SMARTS) is 1. The number of hydrogen-bond donors (Lipinski definition) is 1. The molecular formula is C13H17NO5S. The Kier molecular flexibility index (Phi) is 4.42. The van der Waals surface area contributed by atoms with Crippen LogP contribution in [0.15, 0.2) is 30.3 Å². The number of aliphatic carboxylic acids is 1. The number of ether oxygens (including phenoxy) is 1. The SMILES string of the molecule is CS(=O)(=O)N1CC(OCc2ccccc2)CC1C(=O)O. The molecule has 2 atom stereocenters. The van der Waals surface area contributed by atoms with Crippen LogP contribution in [0.1, 0.15) is 12.0 Å². The highest BCUT2D eigenvalue weighted by Gasteiger charge is 2.42. The van der Waals surface area contributed by atoms with Gasteiger partial charge in [-0.15, -0.1) is 0 Å². The molecule has 2 rings (SSSR count). The molecule has 0 aromatic heterocycles. The van der Waals surface area contributed by atoms with Crippen LogP contribution < -0.4 is 0 Å². The van der Waals surface area contributed by atoms with Crippen LogP contribution in [0.25, 0.3) is 0 Å². The van der Waals surface area contributed by atoms with E-state index in [1.807, 2.05) is 30.3 Å². The van der Waals surface area contributed by atoms with Gasteiger partial charge in [0.25, 0.3) is 0 Å². The van der Waals surface area contributed by atoms with Crippen molar-refractivity contribution in [3.05, 3.63) is 35.9 Å². The molecule has 7 heteroatoms. The molecule has 1 N–H and O–H groups in total. The molecule has 0 bridgehead atoms. The summed E-state index contributed by atoms with van der Waals surface area (Å²) in [4.78, 5) is 11.1. The summed E-state index contributed by atoms with van der Waals surface area (Å²) in [6.07, 6.45) is 0.795. The van der Waals surface area contributed by atoms with E-state index in [0.29, 0.717) is 6.61 Å². The first-order valence-corrected chi connectivity index (χ1v) is 8.08. The van der Waals surface area contributed by atoms with E-state index in [1.54, 1.807) is 0 Å². The zero-order valence-corrected chi connectivity index (χ0v) is 11.9. The van der Waals surface area contributed by atoms with Crippen molar-refractivity contribution in [2.45, 2.75) is 25.2 Å². The zero-order valence-electron chi connectivity index (χ0n) is 11.1. The third-order valence-electron chi connectivity index (χ3n) is 3.26. The normalized spacial score (nSPS) is 23.9. The highest BCUT2D eigenvalue weighted by molar-refractivity contribution is 7.88. The summed E-state index contributed by atoms with van der Waals surface area (Å²) in [7, 11) is -3.54. The van der Waals surface area contributed by atoms with E-state index in [0.717, 1.165) is 16.1 Å². The number of carboxylic acids is 1. The minimum atomic E-state index is -3.54. The van der Waals surface area contributed by atoms with E-state index < -0.39 is 28.1 Å². The molecule has 2 unspecified atom stereocenters. The van der Waals surface area contributed by atoms with Gasteiger partial charge in [-0.2, -0.15) is 4.31 Å². The molecule has 1 aromatic carbocycles. The number of nitrogens with zero attached hydrogens (tertiary/aromatic N) is 1. The van der Waals surface area contributed by atoms with Crippen molar-refractivity contribution in [2.24, 2.45) is 0 Å². The van der Waals surface area contributed by atoms with E-state index in [1.165, 1.54) is 0 Å². The predicted molar refractivity (Wildman–Crippen MR) is 72.6 cm³/mol. The lowest BCUT2D eigenvalue weighted by molar-refractivity contribution is -0.140. The van der Waals surface area contributed by atoms with Crippen molar-refractivity contribution in [3.8, 4) is 0 Å². The monoisotopic (exact) mass is 299 g/mol. The first kappa shape index (κ1) is 15.0. The Labute approximate surface area is 118 Å². The Hall–Kier alpha value is -1.44. The van der Waals surface area contributed by atoms with Gasteiger partial charge in [0.15, 0.2) is 0 Å². The van der Waals surface area contributed by atoms with Crippen LogP contribution in [0.3, 0.4) is 0 Å². The van der Waals surface area contributed by atoms with Gasteiger partial charge in [0.1, 0.15) is 6.04 Å². The molecule has 110 valence electrons. The fourth-order valence-electron chi connectivity index (χ4n) is 2.27. The van der Waals surface area contributed by atoms with Crippen LogP contribution in [-0.2, 0) is 26.2 Å². The summed E-state index contributed by atoms with van der Waals surface area (Å²) in [5.74, 6) is -1.14. The van der Waals surface area contributed by atoms with Gasteiger partial charge in [0.05, 0.1) is 19.0 Å².